The Labute approximate surface area is 154 Å². The molecule has 0 spiro atoms. The molecule has 25 heavy (non-hydrogen) atoms. The van der Waals surface area contributed by atoms with Gasteiger partial charge in [0.2, 0.25) is 0 Å². The van der Waals surface area contributed by atoms with E-state index >= 15 is 0 Å². The fourth-order valence-corrected chi connectivity index (χ4v) is 3.47. The maximum Gasteiger partial charge on any atom is 0.322 e. The molecule has 2 N–H and O–H groups in total. The number of nitrogens with one attached hydrogen (secondary N) is 2. The first-order valence-corrected chi connectivity index (χ1v) is 8.93. The van der Waals surface area contributed by atoms with E-state index in [0.29, 0.717) is 13.1 Å². The number of hydrogen-bond acceptors (Lipinski definition) is 2. The van der Waals surface area contributed by atoms with Crippen LogP contribution in [-0.2, 0) is 13.0 Å². The van der Waals surface area contributed by atoms with Crippen LogP contribution in [0.4, 0.5) is 10.5 Å². The molecule has 2 heterocycles. The highest BCUT2D eigenvalue weighted by Gasteiger charge is 2.25. The molecule has 5 nitrogen and oxygen atoms in total. The van der Waals surface area contributed by atoms with Gasteiger partial charge in [-0.15, -0.1) is 0 Å². The highest BCUT2D eigenvalue weighted by atomic mass is 79.9. The molecule has 0 radical (unpaired) electrons. The predicted octanol–water partition coefficient (Wildman–Crippen LogP) is 4.43. The molecule has 0 unspecified atom stereocenters. The molecule has 2 amide bonds. The standard InChI is InChI=1S/C19H17BrN4O/c20-14-7-4-8-15(11-14)21-19(25)24-10-9-17-16(12-24)18(23-22-17)13-5-2-1-3-6-13/h1-8,11H,9-10,12H2,(H,21,25)(H,22,23). The summed E-state index contributed by atoms with van der Waals surface area (Å²) in [6, 6.07) is 17.6. The van der Waals surface area contributed by atoms with E-state index in [-0.39, 0.29) is 6.03 Å². The summed E-state index contributed by atoms with van der Waals surface area (Å²) in [7, 11) is 0. The van der Waals surface area contributed by atoms with Gasteiger partial charge in [-0.05, 0) is 18.2 Å². The molecule has 2 aromatic carbocycles. The number of carbonyl (C=O) groups excluding carboxylic acids is 1. The van der Waals surface area contributed by atoms with Gasteiger partial charge in [-0.1, -0.05) is 52.3 Å². The Balaban J connectivity index is 1.54. The third kappa shape index (κ3) is 3.30. The summed E-state index contributed by atoms with van der Waals surface area (Å²) in [5.74, 6) is 0. The van der Waals surface area contributed by atoms with E-state index < -0.39 is 0 Å². The number of carbonyl (C=O) groups is 1. The van der Waals surface area contributed by atoms with Crippen molar-refractivity contribution in [2.45, 2.75) is 13.0 Å². The lowest BCUT2D eigenvalue weighted by molar-refractivity contribution is 0.206. The van der Waals surface area contributed by atoms with Gasteiger partial charge < -0.3 is 10.2 Å². The number of H-pyrrole nitrogens is 1. The van der Waals surface area contributed by atoms with E-state index in [2.05, 4.69) is 31.4 Å². The van der Waals surface area contributed by atoms with E-state index in [4.69, 9.17) is 0 Å². The van der Waals surface area contributed by atoms with Crippen LogP contribution in [0.3, 0.4) is 0 Å². The van der Waals surface area contributed by atoms with Crippen LogP contribution in [0.1, 0.15) is 11.3 Å². The Hall–Kier alpha value is -2.60. The molecule has 1 aromatic heterocycles. The fourth-order valence-electron chi connectivity index (χ4n) is 3.07. The lowest BCUT2D eigenvalue weighted by atomic mass is 10.0. The minimum atomic E-state index is -0.0936. The zero-order chi connectivity index (χ0) is 17.2. The monoisotopic (exact) mass is 396 g/mol. The highest BCUT2D eigenvalue weighted by molar-refractivity contribution is 9.10. The molecule has 0 saturated carbocycles. The Morgan fingerprint density at radius 1 is 1.16 bits per heavy atom. The lowest BCUT2D eigenvalue weighted by Gasteiger charge is -2.27. The molecule has 0 atom stereocenters. The number of hydrogen-bond donors (Lipinski definition) is 2. The smallest absolute Gasteiger partial charge is 0.320 e. The molecule has 0 bridgehead atoms. The van der Waals surface area contributed by atoms with Gasteiger partial charge in [-0.2, -0.15) is 5.10 Å². The van der Waals surface area contributed by atoms with Crippen molar-refractivity contribution in [1.82, 2.24) is 15.1 Å². The van der Waals surface area contributed by atoms with E-state index in [1.807, 2.05) is 59.5 Å². The summed E-state index contributed by atoms with van der Waals surface area (Å²) in [6.45, 7) is 1.22. The molecule has 1 aliphatic heterocycles. The SMILES string of the molecule is O=C(Nc1cccc(Br)c1)N1CCc2[nH]nc(-c3ccccc3)c2C1. The maximum atomic E-state index is 12.6. The topological polar surface area (TPSA) is 61.0 Å². The van der Waals surface area contributed by atoms with Crippen LogP contribution >= 0.6 is 15.9 Å². The van der Waals surface area contributed by atoms with Gasteiger partial charge in [0, 0.05) is 39.9 Å². The van der Waals surface area contributed by atoms with Crippen LogP contribution < -0.4 is 5.32 Å². The molecule has 0 fully saturated rings. The molecule has 3 aromatic rings. The number of urea groups is 1. The summed E-state index contributed by atoms with van der Waals surface area (Å²) in [4.78, 5) is 14.5. The van der Waals surface area contributed by atoms with Crippen molar-refractivity contribution in [2.24, 2.45) is 0 Å². The number of rotatable bonds is 2. The predicted molar refractivity (Wildman–Crippen MR) is 101 cm³/mol. The van der Waals surface area contributed by atoms with E-state index in [1.54, 1.807) is 0 Å². The summed E-state index contributed by atoms with van der Waals surface area (Å²) >= 11 is 3.42. The van der Waals surface area contributed by atoms with E-state index in [1.165, 1.54) is 0 Å². The molecule has 0 saturated heterocycles. The van der Waals surface area contributed by atoms with Gasteiger partial charge >= 0.3 is 6.03 Å². The van der Waals surface area contributed by atoms with Gasteiger partial charge in [-0.3, -0.25) is 5.10 Å². The maximum absolute atomic E-state index is 12.6. The summed E-state index contributed by atoms with van der Waals surface area (Å²) in [5, 5.41) is 10.6. The second-order valence-electron chi connectivity index (χ2n) is 6.01. The van der Waals surface area contributed by atoms with Gasteiger partial charge in [0.25, 0.3) is 0 Å². The zero-order valence-corrected chi connectivity index (χ0v) is 15.1. The summed E-state index contributed by atoms with van der Waals surface area (Å²) < 4.78 is 0.937. The van der Waals surface area contributed by atoms with Gasteiger partial charge in [0.1, 0.15) is 0 Å². The fraction of sp³-hybridized carbons (Fsp3) is 0.158. The average molecular weight is 397 g/mol. The van der Waals surface area contributed by atoms with Crippen LogP contribution in [0.5, 0.6) is 0 Å². The third-order valence-corrected chi connectivity index (χ3v) is 4.84. The Kier molecular flexibility index (Phi) is 4.28. The van der Waals surface area contributed by atoms with Crippen LogP contribution in [0.2, 0.25) is 0 Å². The summed E-state index contributed by atoms with van der Waals surface area (Å²) in [5.41, 5.74) is 4.98. The summed E-state index contributed by atoms with van der Waals surface area (Å²) in [6.07, 6.45) is 0.779. The van der Waals surface area contributed by atoms with E-state index in [9.17, 15) is 4.79 Å². The molecular weight excluding hydrogens is 380 g/mol. The van der Waals surface area contributed by atoms with E-state index in [0.717, 1.165) is 39.1 Å². The number of aromatic amines is 1. The number of nitrogens with zero attached hydrogens (tertiary/aromatic N) is 2. The molecule has 126 valence electrons. The first-order valence-electron chi connectivity index (χ1n) is 8.14. The minimum absolute atomic E-state index is 0.0936. The largest absolute Gasteiger partial charge is 0.322 e. The number of halogens is 1. The second kappa shape index (κ2) is 6.72. The Morgan fingerprint density at radius 3 is 2.80 bits per heavy atom. The lowest BCUT2D eigenvalue weighted by Crippen LogP contribution is -2.38. The number of anilines is 1. The number of amides is 2. The van der Waals surface area contributed by atoms with Crippen molar-refractivity contribution in [2.75, 3.05) is 11.9 Å². The van der Waals surface area contributed by atoms with Crippen molar-refractivity contribution >= 4 is 27.6 Å². The number of aromatic nitrogens is 2. The molecule has 4 rings (SSSR count). The number of benzene rings is 2. The highest BCUT2D eigenvalue weighted by Crippen LogP contribution is 2.28. The minimum Gasteiger partial charge on any atom is -0.320 e. The molecule has 6 heteroatoms. The quantitative estimate of drug-likeness (QED) is 0.672. The first kappa shape index (κ1) is 15.9. The van der Waals surface area contributed by atoms with Crippen molar-refractivity contribution in [3.63, 3.8) is 0 Å². The molecule has 1 aliphatic rings. The van der Waals surface area contributed by atoms with Crippen molar-refractivity contribution in [3.8, 4) is 11.3 Å². The number of fused-ring (bicyclic) bond motifs is 1. The van der Waals surface area contributed by atoms with Gasteiger partial charge in [0.05, 0.1) is 12.2 Å². The first-order chi connectivity index (χ1) is 12.2. The normalized spacial score (nSPS) is 13.4. The van der Waals surface area contributed by atoms with Crippen LogP contribution in [-0.4, -0.2) is 27.7 Å². The Bertz CT molecular complexity index is 907. The van der Waals surface area contributed by atoms with Crippen molar-refractivity contribution in [1.29, 1.82) is 0 Å². The van der Waals surface area contributed by atoms with Crippen molar-refractivity contribution in [3.05, 3.63) is 70.3 Å². The van der Waals surface area contributed by atoms with Crippen molar-refractivity contribution < 1.29 is 4.79 Å². The van der Waals surface area contributed by atoms with Gasteiger partial charge in [-0.25, -0.2) is 4.79 Å². The van der Waals surface area contributed by atoms with Crippen LogP contribution in [0.25, 0.3) is 11.3 Å². The third-order valence-electron chi connectivity index (χ3n) is 4.34. The molecular formula is C19H17BrN4O. The average Bonchev–Trinajstić information content (AvgIpc) is 3.05. The zero-order valence-electron chi connectivity index (χ0n) is 13.5. The van der Waals surface area contributed by atoms with Crippen LogP contribution in [0.15, 0.2) is 59.1 Å². The van der Waals surface area contributed by atoms with Gasteiger partial charge in [0.15, 0.2) is 0 Å². The Morgan fingerprint density at radius 2 is 2.00 bits per heavy atom. The molecule has 0 aliphatic carbocycles. The van der Waals surface area contributed by atoms with Crippen LogP contribution in [0, 0.1) is 0 Å². The second-order valence-corrected chi connectivity index (χ2v) is 6.92.